The summed E-state index contributed by atoms with van der Waals surface area (Å²) >= 11 is 0. The first-order valence-corrected chi connectivity index (χ1v) is 7.71. The van der Waals surface area contributed by atoms with Crippen LogP contribution in [0.25, 0.3) is 0 Å². The van der Waals surface area contributed by atoms with E-state index in [1.807, 2.05) is 20.8 Å². The lowest BCUT2D eigenvalue weighted by Gasteiger charge is -2.21. The minimum Gasteiger partial charge on any atom is -0.376 e. The molecule has 1 unspecified atom stereocenters. The van der Waals surface area contributed by atoms with E-state index in [9.17, 15) is 0 Å². The molecule has 0 bridgehead atoms. The lowest BCUT2D eigenvalue weighted by molar-refractivity contribution is 0.0410. The van der Waals surface area contributed by atoms with E-state index in [1.54, 1.807) is 0 Å². The van der Waals surface area contributed by atoms with E-state index in [1.165, 1.54) is 32.1 Å². The van der Waals surface area contributed by atoms with E-state index in [2.05, 4.69) is 10.1 Å². The van der Waals surface area contributed by atoms with Gasteiger partial charge in [-0.3, -0.25) is 0 Å². The van der Waals surface area contributed by atoms with Gasteiger partial charge in [-0.25, -0.2) is 0 Å². The summed E-state index contributed by atoms with van der Waals surface area (Å²) in [6.07, 6.45) is 7.58. The summed E-state index contributed by atoms with van der Waals surface area (Å²) in [5.74, 6) is 1.95. The molecule has 114 valence electrons. The highest BCUT2D eigenvalue weighted by molar-refractivity contribution is 5.02. The van der Waals surface area contributed by atoms with Crippen molar-refractivity contribution in [2.24, 2.45) is 11.7 Å². The van der Waals surface area contributed by atoms with Gasteiger partial charge in [-0.05, 0) is 39.5 Å². The van der Waals surface area contributed by atoms with E-state index >= 15 is 0 Å². The van der Waals surface area contributed by atoms with Crippen molar-refractivity contribution in [3.63, 3.8) is 0 Å². The van der Waals surface area contributed by atoms with Crippen LogP contribution in [-0.2, 0) is 16.7 Å². The normalized spacial score (nSPS) is 20.2. The smallest absolute Gasteiger partial charge is 0.226 e. The molecule has 0 radical (unpaired) electrons. The molecule has 20 heavy (non-hydrogen) atoms. The van der Waals surface area contributed by atoms with Crippen molar-refractivity contribution in [1.29, 1.82) is 0 Å². The maximum absolute atomic E-state index is 6.22. The van der Waals surface area contributed by atoms with Crippen molar-refractivity contribution in [1.82, 2.24) is 10.1 Å². The summed E-state index contributed by atoms with van der Waals surface area (Å²) in [6, 6.07) is 0. The molecule has 1 saturated carbocycles. The molecule has 2 rings (SSSR count). The lowest BCUT2D eigenvalue weighted by atomic mass is 9.87. The molecule has 0 amide bonds. The largest absolute Gasteiger partial charge is 0.376 e. The minimum absolute atomic E-state index is 0.145. The molecule has 5 nitrogen and oxygen atoms in total. The van der Waals surface area contributed by atoms with Crippen LogP contribution in [0.2, 0.25) is 0 Å². The molecule has 1 heterocycles. The molecule has 0 saturated heterocycles. The van der Waals surface area contributed by atoms with Crippen LogP contribution in [0.3, 0.4) is 0 Å². The Morgan fingerprint density at radius 3 is 2.70 bits per heavy atom. The van der Waals surface area contributed by atoms with Crippen molar-refractivity contribution < 1.29 is 9.26 Å². The standard InChI is InChI=1S/C15H27N3O2/c1-11(2)19-10-15(3,16)14-17-13(20-18-14)9-12-7-5-4-6-8-12/h11-12H,4-10,16H2,1-3H3. The van der Waals surface area contributed by atoms with Crippen LogP contribution in [0.1, 0.15) is 64.6 Å². The van der Waals surface area contributed by atoms with Crippen LogP contribution in [0.5, 0.6) is 0 Å². The Bertz CT molecular complexity index is 409. The minimum atomic E-state index is -0.696. The Balaban J connectivity index is 1.93. The highest BCUT2D eigenvalue weighted by atomic mass is 16.5. The van der Waals surface area contributed by atoms with Crippen LogP contribution in [0.4, 0.5) is 0 Å². The SMILES string of the molecule is CC(C)OCC(C)(N)c1noc(CC2CCCCC2)n1. The number of hydrogen-bond donors (Lipinski definition) is 1. The first kappa shape index (κ1) is 15.4. The van der Waals surface area contributed by atoms with Gasteiger partial charge in [0.05, 0.1) is 12.7 Å². The summed E-state index contributed by atoms with van der Waals surface area (Å²) in [5.41, 5.74) is 5.53. The molecule has 1 aromatic heterocycles. The van der Waals surface area contributed by atoms with Gasteiger partial charge in [0, 0.05) is 6.42 Å². The summed E-state index contributed by atoms with van der Waals surface area (Å²) in [6.45, 7) is 6.25. The maximum Gasteiger partial charge on any atom is 0.226 e. The molecule has 1 aromatic rings. The number of aromatic nitrogens is 2. The second-order valence-electron chi connectivity index (χ2n) is 6.50. The van der Waals surface area contributed by atoms with Gasteiger partial charge in [0.25, 0.3) is 0 Å². The third kappa shape index (κ3) is 4.28. The van der Waals surface area contributed by atoms with Crippen LogP contribution in [0.15, 0.2) is 4.52 Å². The van der Waals surface area contributed by atoms with Gasteiger partial charge in [-0.15, -0.1) is 0 Å². The first-order chi connectivity index (χ1) is 9.47. The second kappa shape index (κ2) is 6.68. The fourth-order valence-electron chi connectivity index (χ4n) is 2.61. The molecule has 1 fully saturated rings. The van der Waals surface area contributed by atoms with Crippen LogP contribution >= 0.6 is 0 Å². The number of nitrogens with two attached hydrogens (primary N) is 1. The maximum atomic E-state index is 6.22. The monoisotopic (exact) mass is 281 g/mol. The first-order valence-electron chi connectivity index (χ1n) is 7.71. The third-order valence-electron chi connectivity index (χ3n) is 3.88. The van der Waals surface area contributed by atoms with Gasteiger partial charge in [0.2, 0.25) is 5.89 Å². The fourth-order valence-corrected chi connectivity index (χ4v) is 2.61. The van der Waals surface area contributed by atoms with Crippen molar-refractivity contribution in [3.8, 4) is 0 Å². The molecule has 0 aromatic carbocycles. The molecule has 1 aliphatic rings. The molecule has 5 heteroatoms. The Hall–Kier alpha value is -0.940. The Labute approximate surface area is 121 Å². The summed E-state index contributed by atoms with van der Waals surface area (Å²) in [5, 5.41) is 4.04. The quantitative estimate of drug-likeness (QED) is 0.868. The van der Waals surface area contributed by atoms with E-state index in [-0.39, 0.29) is 6.10 Å². The van der Waals surface area contributed by atoms with Gasteiger partial charge < -0.3 is 15.0 Å². The van der Waals surface area contributed by atoms with Gasteiger partial charge in [-0.2, -0.15) is 4.98 Å². The number of hydrogen-bond acceptors (Lipinski definition) is 5. The zero-order valence-electron chi connectivity index (χ0n) is 12.9. The Morgan fingerprint density at radius 1 is 1.35 bits per heavy atom. The summed E-state index contributed by atoms with van der Waals surface area (Å²) < 4.78 is 10.9. The van der Waals surface area contributed by atoms with Gasteiger partial charge in [-0.1, -0.05) is 24.4 Å². The fraction of sp³-hybridized carbons (Fsp3) is 0.867. The predicted octanol–water partition coefficient (Wildman–Crippen LogP) is 2.79. The zero-order valence-corrected chi connectivity index (χ0v) is 12.9. The van der Waals surface area contributed by atoms with Gasteiger partial charge in [0.1, 0.15) is 5.54 Å². The molecule has 0 aliphatic heterocycles. The molecular formula is C15H27N3O2. The Kier molecular flexibility index (Phi) is 5.16. The molecule has 1 aliphatic carbocycles. The predicted molar refractivity (Wildman–Crippen MR) is 77.2 cm³/mol. The van der Waals surface area contributed by atoms with Crippen molar-refractivity contribution in [3.05, 3.63) is 11.7 Å². The van der Waals surface area contributed by atoms with Gasteiger partial charge >= 0.3 is 0 Å². The van der Waals surface area contributed by atoms with Gasteiger partial charge in [0.15, 0.2) is 5.82 Å². The number of ether oxygens (including phenoxy) is 1. The lowest BCUT2D eigenvalue weighted by Crippen LogP contribution is -2.40. The van der Waals surface area contributed by atoms with Crippen LogP contribution in [-0.4, -0.2) is 22.9 Å². The Morgan fingerprint density at radius 2 is 2.05 bits per heavy atom. The summed E-state index contributed by atoms with van der Waals surface area (Å²) in [4.78, 5) is 4.47. The van der Waals surface area contributed by atoms with Crippen molar-refractivity contribution in [2.75, 3.05) is 6.61 Å². The summed E-state index contributed by atoms with van der Waals surface area (Å²) in [7, 11) is 0. The molecule has 1 atom stereocenters. The molecule has 2 N–H and O–H groups in total. The molecule has 0 spiro atoms. The van der Waals surface area contributed by atoms with Crippen molar-refractivity contribution >= 4 is 0 Å². The molecular weight excluding hydrogens is 254 g/mol. The number of nitrogens with zero attached hydrogens (tertiary/aromatic N) is 2. The van der Waals surface area contributed by atoms with E-state index < -0.39 is 5.54 Å². The highest BCUT2D eigenvalue weighted by Gasteiger charge is 2.29. The van der Waals surface area contributed by atoms with E-state index in [0.717, 1.165) is 6.42 Å². The second-order valence-corrected chi connectivity index (χ2v) is 6.50. The van der Waals surface area contributed by atoms with Crippen LogP contribution < -0.4 is 5.73 Å². The average molecular weight is 281 g/mol. The highest BCUT2D eigenvalue weighted by Crippen LogP contribution is 2.27. The average Bonchev–Trinajstić information content (AvgIpc) is 2.87. The van der Waals surface area contributed by atoms with Crippen molar-refractivity contribution in [2.45, 2.75) is 70.9 Å². The van der Waals surface area contributed by atoms with E-state index in [4.69, 9.17) is 15.0 Å². The number of rotatable bonds is 6. The topological polar surface area (TPSA) is 74.2 Å². The van der Waals surface area contributed by atoms with E-state index in [0.29, 0.717) is 24.2 Å². The zero-order chi connectivity index (χ0) is 14.6. The third-order valence-corrected chi connectivity index (χ3v) is 3.88. The van der Waals surface area contributed by atoms with Crippen LogP contribution in [0, 0.1) is 5.92 Å².